The van der Waals surface area contributed by atoms with Crippen molar-refractivity contribution in [1.82, 2.24) is 0 Å². The number of hydrogen-bond acceptors (Lipinski definition) is 9. The molecule has 0 aromatic carbocycles. The second kappa shape index (κ2) is 33.5. The number of rotatable bonds is 31. The monoisotopic (exact) mass is 719 g/mol. The summed E-state index contributed by atoms with van der Waals surface area (Å²) < 4.78 is 22.6. The molecule has 0 radical (unpaired) electrons. The summed E-state index contributed by atoms with van der Waals surface area (Å²) in [5.74, 6) is -0.361. The average molecular weight is 719 g/mol. The summed E-state index contributed by atoms with van der Waals surface area (Å²) in [4.78, 5) is 12.7. The maximum atomic E-state index is 12.7. The predicted molar refractivity (Wildman–Crippen MR) is 205 cm³/mol. The molecule has 1 heterocycles. The molecule has 0 amide bonds. The first-order valence-electron chi connectivity index (χ1n) is 19.5. The standard InChI is InChI=1S/C42H70O9/c1-3-5-7-9-11-12-13-14-15-16-17-18-19-20-21-22-23-24-25-27-29-31-38(44)50-36(34-48-32-30-28-26-10-8-6-4-2)35-49-42-41(47)40(46)39(45)37(33-43)51-42/h5,7,11-12,14-15,17-18,20-21,23-24,36-37,39-43,45-47H,3-4,6,8-10,13,16,19,22,25-35H2,1-2H3/b7-5-,12-11-,15-14-,18-17-,21-20-,24-23-. The molecular weight excluding hydrogens is 648 g/mol. The Hall–Kier alpha value is -2.37. The molecule has 1 saturated heterocycles. The molecule has 6 unspecified atom stereocenters. The molecule has 292 valence electrons. The topological polar surface area (TPSA) is 135 Å². The minimum atomic E-state index is -1.54. The van der Waals surface area contributed by atoms with Gasteiger partial charge in [-0.2, -0.15) is 0 Å². The van der Waals surface area contributed by atoms with Crippen LogP contribution in [-0.2, 0) is 23.7 Å². The molecule has 4 N–H and O–H groups in total. The second-order valence-corrected chi connectivity index (χ2v) is 13.0. The van der Waals surface area contributed by atoms with Gasteiger partial charge >= 0.3 is 5.97 Å². The van der Waals surface area contributed by atoms with Gasteiger partial charge in [-0.25, -0.2) is 0 Å². The Bertz CT molecular complexity index is 1000. The number of carbonyl (C=O) groups excluding carboxylic acids is 1. The molecule has 0 aromatic rings. The lowest BCUT2D eigenvalue weighted by atomic mass is 9.99. The minimum absolute atomic E-state index is 0.123. The van der Waals surface area contributed by atoms with E-state index in [-0.39, 0.29) is 25.6 Å². The van der Waals surface area contributed by atoms with Crippen molar-refractivity contribution in [3.05, 3.63) is 72.9 Å². The molecule has 51 heavy (non-hydrogen) atoms. The van der Waals surface area contributed by atoms with Gasteiger partial charge in [0.15, 0.2) is 6.29 Å². The Balaban J connectivity index is 2.32. The fraction of sp³-hybridized carbons (Fsp3) is 0.690. The predicted octanol–water partition coefficient (Wildman–Crippen LogP) is 7.74. The van der Waals surface area contributed by atoms with Crippen molar-refractivity contribution in [3.8, 4) is 0 Å². The van der Waals surface area contributed by atoms with Crippen LogP contribution in [0.1, 0.15) is 123 Å². The van der Waals surface area contributed by atoms with Gasteiger partial charge in [0, 0.05) is 13.0 Å². The highest BCUT2D eigenvalue weighted by Crippen LogP contribution is 2.22. The molecule has 9 heteroatoms. The van der Waals surface area contributed by atoms with Crippen molar-refractivity contribution in [2.24, 2.45) is 0 Å². The Morgan fingerprint density at radius 2 is 1.20 bits per heavy atom. The van der Waals surface area contributed by atoms with Crippen LogP contribution in [-0.4, -0.2) is 89.6 Å². The summed E-state index contributed by atoms with van der Waals surface area (Å²) in [6.07, 6.45) is 35.1. The molecule has 0 spiro atoms. The Morgan fingerprint density at radius 1 is 0.647 bits per heavy atom. The van der Waals surface area contributed by atoms with Crippen molar-refractivity contribution >= 4 is 5.97 Å². The third-order valence-electron chi connectivity index (χ3n) is 8.39. The van der Waals surface area contributed by atoms with Crippen molar-refractivity contribution in [3.63, 3.8) is 0 Å². The van der Waals surface area contributed by atoms with Gasteiger partial charge in [0.1, 0.15) is 30.5 Å². The molecule has 1 rings (SSSR count). The van der Waals surface area contributed by atoms with E-state index in [0.717, 1.165) is 64.2 Å². The highest BCUT2D eigenvalue weighted by Gasteiger charge is 2.44. The number of ether oxygens (including phenoxy) is 4. The zero-order valence-corrected chi connectivity index (χ0v) is 31.6. The maximum Gasteiger partial charge on any atom is 0.306 e. The van der Waals surface area contributed by atoms with Crippen LogP contribution in [0.3, 0.4) is 0 Å². The number of carbonyl (C=O) groups is 1. The Labute approximate surface area is 308 Å². The van der Waals surface area contributed by atoms with Gasteiger partial charge in [-0.3, -0.25) is 4.79 Å². The summed E-state index contributed by atoms with van der Waals surface area (Å²) in [5, 5.41) is 39.9. The number of allylic oxidation sites excluding steroid dienone is 12. The first-order chi connectivity index (χ1) is 24.9. The molecule has 1 aliphatic heterocycles. The molecule has 0 bridgehead atoms. The molecule has 9 nitrogen and oxygen atoms in total. The van der Waals surface area contributed by atoms with Gasteiger partial charge in [-0.05, 0) is 64.2 Å². The van der Waals surface area contributed by atoms with Crippen LogP contribution in [0.4, 0.5) is 0 Å². The summed E-state index contributed by atoms with van der Waals surface area (Å²) in [6, 6.07) is 0. The smallest absolute Gasteiger partial charge is 0.306 e. The van der Waals surface area contributed by atoms with Crippen molar-refractivity contribution in [2.75, 3.05) is 26.4 Å². The van der Waals surface area contributed by atoms with Crippen LogP contribution >= 0.6 is 0 Å². The van der Waals surface area contributed by atoms with Crippen LogP contribution in [0.15, 0.2) is 72.9 Å². The van der Waals surface area contributed by atoms with Gasteiger partial charge in [-0.1, -0.05) is 125 Å². The van der Waals surface area contributed by atoms with Gasteiger partial charge < -0.3 is 39.4 Å². The molecular formula is C42H70O9. The van der Waals surface area contributed by atoms with E-state index in [1.165, 1.54) is 32.1 Å². The van der Waals surface area contributed by atoms with Crippen molar-refractivity contribution in [2.45, 2.75) is 160 Å². The van der Waals surface area contributed by atoms with E-state index in [4.69, 9.17) is 18.9 Å². The minimum Gasteiger partial charge on any atom is -0.457 e. The SMILES string of the molecule is CC/C=C\C/C=C\C/C=C\C/C=C\C/C=C\C/C=C\CCCCC(=O)OC(COCCCCCCCCC)COC1OC(CO)C(O)C(O)C1O. The van der Waals surface area contributed by atoms with E-state index >= 15 is 0 Å². The number of aliphatic hydroxyl groups is 4. The lowest BCUT2D eigenvalue weighted by Crippen LogP contribution is -2.59. The highest BCUT2D eigenvalue weighted by atomic mass is 16.7. The lowest BCUT2D eigenvalue weighted by molar-refractivity contribution is -0.305. The van der Waals surface area contributed by atoms with Crippen molar-refractivity contribution < 1.29 is 44.2 Å². The van der Waals surface area contributed by atoms with E-state index in [0.29, 0.717) is 13.0 Å². The fourth-order valence-electron chi connectivity index (χ4n) is 5.32. The molecule has 0 aromatic heterocycles. The summed E-state index contributed by atoms with van der Waals surface area (Å²) in [6.45, 7) is 4.32. The van der Waals surface area contributed by atoms with Gasteiger partial charge in [-0.15, -0.1) is 0 Å². The fourth-order valence-corrected chi connectivity index (χ4v) is 5.32. The zero-order chi connectivity index (χ0) is 37.2. The van der Waals surface area contributed by atoms with E-state index in [2.05, 4.69) is 86.8 Å². The zero-order valence-electron chi connectivity index (χ0n) is 31.6. The maximum absolute atomic E-state index is 12.7. The van der Waals surface area contributed by atoms with Crippen LogP contribution < -0.4 is 0 Å². The lowest BCUT2D eigenvalue weighted by Gasteiger charge is -2.39. The van der Waals surface area contributed by atoms with Gasteiger partial charge in [0.25, 0.3) is 0 Å². The molecule has 6 atom stereocenters. The van der Waals surface area contributed by atoms with E-state index in [1.807, 2.05) is 0 Å². The number of hydrogen-bond donors (Lipinski definition) is 4. The summed E-state index contributed by atoms with van der Waals surface area (Å²) in [7, 11) is 0. The first kappa shape index (κ1) is 46.7. The van der Waals surface area contributed by atoms with E-state index in [9.17, 15) is 25.2 Å². The van der Waals surface area contributed by atoms with Gasteiger partial charge in [0.2, 0.25) is 0 Å². The first-order valence-corrected chi connectivity index (χ1v) is 19.5. The second-order valence-electron chi connectivity index (χ2n) is 13.0. The normalized spacial score (nSPS) is 22.2. The number of unbranched alkanes of at least 4 members (excludes halogenated alkanes) is 8. The van der Waals surface area contributed by atoms with Crippen LogP contribution in [0.25, 0.3) is 0 Å². The molecule has 0 aliphatic carbocycles. The van der Waals surface area contributed by atoms with Crippen LogP contribution in [0.2, 0.25) is 0 Å². The van der Waals surface area contributed by atoms with E-state index < -0.39 is 43.4 Å². The molecule has 1 aliphatic rings. The molecule has 0 saturated carbocycles. The third kappa shape index (κ3) is 25.3. The Kier molecular flexibility index (Phi) is 30.6. The largest absolute Gasteiger partial charge is 0.457 e. The third-order valence-corrected chi connectivity index (χ3v) is 8.39. The van der Waals surface area contributed by atoms with Gasteiger partial charge in [0.05, 0.1) is 19.8 Å². The van der Waals surface area contributed by atoms with Crippen molar-refractivity contribution in [1.29, 1.82) is 0 Å². The number of esters is 1. The average Bonchev–Trinajstić information content (AvgIpc) is 3.13. The quantitative estimate of drug-likeness (QED) is 0.0323. The summed E-state index contributed by atoms with van der Waals surface area (Å²) >= 11 is 0. The Morgan fingerprint density at radius 3 is 1.76 bits per heavy atom. The summed E-state index contributed by atoms with van der Waals surface area (Å²) in [5.41, 5.74) is 0. The van der Waals surface area contributed by atoms with Crippen LogP contribution in [0.5, 0.6) is 0 Å². The molecule has 1 fully saturated rings. The highest BCUT2D eigenvalue weighted by molar-refractivity contribution is 5.69. The van der Waals surface area contributed by atoms with E-state index in [1.54, 1.807) is 0 Å². The number of aliphatic hydroxyl groups excluding tert-OH is 4. The van der Waals surface area contributed by atoms with Crippen LogP contribution in [0, 0.1) is 0 Å².